The van der Waals surface area contributed by atoms with Crippen LogP contribution in [0.2, 0.25) is 0 Å². The fraction of sp³-hybridized carbons (Fsp3) is 0.417. The van der Waals surface area contributed by atoms with Crippen molar-refractivity contribution in [2.45, 2.75) is 33.5 Å². The topological polar surface area (TPSA) is 73.0 Å². The second-order valence-corrected chi connectivity index (χ2v) is 7.90. The van der Waals surface area contributed by atoms with E-state index in [2.05, 4.69) is 23.1 Å². The zero-order valence-electron chi connectivity index (χ0n) is 18.9. The van der Waals surface area contributed by atoms with Crippen LogP contribution >= 0.6 is 0 Å². The number of amides is 1. The van der Waals surface area contributed by atoms with E-state index in [4.69, 9.17) is 13.9 Å². The second kappa shape index (κ2) is 9.91. The van der Waals surface area contributed by atoms with Gasteiger partial charge in [-0.3, -0.25) is 14.4 Å². The molecule has 4 rings (SSSR count). The Kier molecular flexibility index (Phi) is 6.80. The van der Waals surface area contributed by atoms with Gasteiger partial charge in [-0.05, 0) is 38.1 Å². The molecule has 1 aliphatic heterocycles. The average molecular weight is 439 g/mol. The average Bonchev–Trinajstić information content (AvgIpc) is 3.44. The number of hydrogen-bond acceptors (Lipinski definition) is 6. The Morgan fingerprint density at radius 3 is 2.62 bits per heavy atom. The summed E-state index contributed by atoms with van der Waals surface area (Å²) in [6, 6.07) is 10.9. The van der Waals surface area contributed by atoms with Crippen molar-refractivity contribution in [2.24, 2.45) is 0 Å². The monoisotopic (exact) mass is 438 g/mol. The van der Waals surface area contributed by atoms with Crippen LogP contribution in [0.1, 0.15) is 34.5 Å². The number of nitrogens with zero attached hydrogens (tertiary/aromatic N) is 4. The van der Waals surface area contributed by atoms with Crippen LogP contribution in [0.3, 0.4) is 0 Å². The molecule has 1 aliphatic rings. The largest absolute Gasteiger partial charge is 0.497 e. The molecule has 2 aromatic heterocycles. The summed E-state index contributed by atoms with van der Waals surface area (Å²) in [6.45, 7) is 9.13. The number of rotatable bonds is 8. The lowest BCUT2D eigenvalue weighted by molar-refractivity contribution is 0.0594. The van der Waals surface area contributed by atoms with Crippen LogP contribution in [0.4, 0.5) is 0 Å². The molecule has 1 saturated heterocycles. The van der Waals surface area contributed by atoms with Crippen LogP contribution in [0.15, 0.2) is 47.0 Å². The normalized spacial score (nSPS) is 14.5. The van der Waals surface area contributed by atoms with E-state index < -0.39 is 0 Å². The fourth-order valence-electron chi connectivity index (χ4n) is 3.80. The number of aryl methyl sites for hydroxylation is 2. The molecule has 0 radical (unpaired) electrons. The number of hydrogen-bond donors (Lipinski definition) is 0. The van der Waals surface area contributed by atoms with E-state index in [1.165, 1.54) is 5.56 Å². The van der Waals surface area contributed by atoms with Crippen molar-refractivity contribution in [3.8, 4) is 11.5 Å². The molecule has 0 aliphatic carbocycles. The Labute approximate surface area is 188 Å². The maximum Gasteiger partial charge on any atom is 0.289 e. The molecule has 0 N–H and O–H groups in total. The lowest BCUT2D eigenvalue weighted by Crippen LogP contribution is -2.48. The Hall–Kier alpha value is -3.26. The van der Waals surface area contributed by atoms with Crippen LogP contribution in [0.5, 0.6) is 11.5 Å². The molecule has 1 fully saturated rings. The van der Waals surface area contributed by atoms with Gasteiger partial charge in [0, 0.05) is 57.1 Å². The molecule has 0 spiro atoms. The third-order valence-corrected chi connectivity index (χ3v) is 5.72. The highest BCUT2D eigenvalue weighted by atomic mass is 16.5. The molecule has 8 nitrogen and oxygen atoms in total. The molecule has 3 heterocycles. The van der Waals surface area contributed by atoms with Gasteiger partial charge < -0.3 is 18.8 Å². The Bertz CT molecular complexity index is 1050. The molecule has 0 unspecified atom stereocenters. The number of furan rings is 1. The summed E-state index contributed by atoms with van der Waals surface area (Å²) in [7, 11) is 1.62. The van der Waals surface area contributed by atoms with Crippen molar-refractivity contribution in [2.75, 3.05) is 33.3 Å². The van der Waals surface area contributed by atoms with Crippen LogP contribution in [0.25, 0.3) is 0 Å². The summed E-state index contributed by atoms with van der Waals surface area (Å²) in [4.78, 5) is 17.1. The third kappa shape index (κ3) is 5.13. The van der Waals surface area contributed by atoms with Gasteiger partial charge in [-0.1, -0.05) is 6.07 Å². The highest BCUT2D eigenvalue weighted by molar-refractivity contribution is 5.91. The number of carbonyl (C=O) groups is 1. The predicted octanol–water partition coefficient (Wildman–Crippen LogP) is 3.35. The fourth-order valence-corrected chi connectivity index (χ4v) is 3.80. The van der Waals surface area contributed by atoms with E-state index in [0.717, 1.165) is 37.6 Å². The van der Waals surface area contributed by atoms with Crippen molar-refractivity contribution in [1.82, 2.24) is 19.6 Å². The van der Waals surface area contributed by atoms with Crippen molar-refractivity contribution in [3.05, 3.63) is 65.4 Å². The first-order chi connectivity index (χ1) is 15.6. The lowest BCUT2D eigenvalue weighted by atomic mass is 10.2. The first kappa shape index (κ1) is 22.0. The van der Waals surface area contributed by atoms with Crippen molar-refractivity contribution in [1.29, 1.82) is 0 Å². The minimum atomic E-state index is -0.0766. The molecule has 0 saturated carbocycles. The molecule has 0 bridgehead atoms. The number of aromatic nitrogens is 2. The predicted molar refractivity (Wildman–Crippen MR) is 120 cm³/mol. The molecule has 32 heavy (non-hydrogen) atoms. The molecule has 170 valence electrons. The Morgan fingerprint density at radius 2 is 1.91 bits per heavy atom. The van der Waals surface area contributed by atoms with E-state index in [9.17, 15) is 4.79 Å². The zero-order chi connectivity index (χ0) is 22.5. The van der Waals surface area contributed by atoms with Crippen LogP contribution in [0, 0.1) is 6.92 Å². The van der Waals surface area contributed by atoms with Crippen LogP contribution < -0.4 is 9.47 Å². The SMILES string of the molecule is CCn1cc(CN2CCN(C(=O)c3ccc(COc4cccc(OC)c4)o3)CC2)c(C)n1. The van der Waals surface area contributed by atoms with E-state index in [1.807, 2.05) is 40.8 Å². The quantitative estimate of drug-likeness (QED) is 0.537. The van der Waals surface area contributed by atoms with Gasteiger partial charge in [0.05, 0.1) is 12.8 Å². The Morgan fingerprint density at radius 1 is 1.12 bits per heavy atom. The van der Waals surface area contributed by atoms with Gasteiger partial charge in [0.15, 0.2) is 5.76 Å². The standard InChI is InChI=1S/C24H30N4O4/c1-4-28-16-19(18(2)25-28)15-26-10-12-27(13-11-26)24(29)23-9-8-22(32-23)17-31-21-7-5-6-20(14-21)30-3/h5-9,14,16H,4,10-13,15,17H2,1-3H3. The molecule has 1 aromatic carbocycles. The maximum atomic E-state index is 12.9. The number of piperazine rings is 1. The number of benzene rings is 1. The number of methoxy groups -OCH3 is 1. The van der Waals surface area contributed by atoms with E-state index in [0.29, 0.717) is 30.4 Å². The van der Waals surface area contributed by atoms with E-state index in [-0.39, 0.29) is 12.5 Å². The Balaban J connectivity index is 1.28. The minimum Gasteiger partial charge on any atom is -0.497 e. The number of ether oxygens (including phenoxy) is 2. The van der Waals surface area contributed by atoms with Crippen molar-refractivity contribution in [3.63, 3.8) is 0 Å². The van der Waals surface area contributed by atoms with Gasteiger partial charge in [-0.15, -0.1) is 0 Å². The lowest BCUT2D eigenvalue weighted by Gasteiger charge is -2.34. The molecule has 3 aromatic rings. The highest BCUT2D eigenvalue weighted by Crippen LogP contribution is 2.21. The van der Waals surface area contributed by atoms with E-state index in [1.54, 1.807) is 19.2 Å². The van der Waals surface area contributed by atoms with Gasteiger partial charge in [0.25, 0.3) is 5.91 Å². The first-order valence-electron chi connectivity index (χ1n) is 11.0. The van der Waals surface area contributed by atoms with Crippen LogP contribution in [-0.4, -0.2) is 58.8 Å². The molecule has 1 amide bonds. The first-order valence-corrected chi connectivity index (χ1v) is 11.0. The van der Waals surface area contributed by atoms with Gasteiger partial charge in [-0.2, -0.15) is 5.10 Å². The summed E-state index contributed by atoms with van der Waals surface area (Å²) in [5, 5.41) is 4.52. The summed E-state index contributed by atoms with van der Waals surface area (Å²) in [5.41, 5.74) is 2.32. The molecule has 8 heteroatoms. The second-order valence-electron chi connectivity index (χ2n) is 7.90. The summed E-state index contributed by atoms with van der Waals surface area (Å²) in [6.07, 6.45) is 2.12. The summed E-state index contributed by atoms with van der Waals surface area (Å²) < 4.78 is 18.7. The van der Waals surface area contributed by atoms with Crippen LogP contribution in [-0.2, 0) is 19.7 Å². The molecular weight excluding hydrogens is 408 g/mol. The molecular formula is C24H30N4O4. The minimum absolute atomic E-state index is 0.0766. The van der Waals surface area contributed by atoms with Gasteiger partial charge in [0.1, 0.15) is 23.9 Å². The van der Waals surface area contributed by atoms with Crippen molar-refractivity contribution >= 4 is 5.91 Å². The third-order valence-electron chi connectivity index (χ3n) is 5.72. The van der Waals surface area contributed by atoms with E-state index >= 15 is 0 Å². The van der Waals surface area contributed by atoms with Gasteiger partial charge in [-0.25, -0.2) is 0 Å². The van der Waals surface area contributed by atoms with Gasteiger partial charge >= 0.3 is 0 Å². The zero-order valence-corrected chi connectivity index (χ0v) is 18.9. The molecule has 0 atom stereocenters. The maximum absolute atomic E-state index is 12.9. The summed E-state index contributed by atoms with van der Waals surface area (Å²) >= 11 is 0. The number of carbonyl (C=O) groups excluding carboxylic acids is 1. The smallest absolute Gasteiger partial charge is 0.289 e. The van der Waals surface area contributed by atoms with Crippen molar-refractivity contribution < 1.29 is 18.7 Å². The summed E-state index contributed by atoms with van der Waals surface area (Å²) in [5.74, 6) is 2.30. The highest BCUT2D eigenvalue weighted by Gasteiger charge is 2.25. The van der Waals surface area contributed by atoms with Gasteiger partial charge in [0.2, 0.25) is 0 Å².